The fourth-order valence-electron chi connectivity index (χ4n) is 3.02. The number of methoxy groups -OCH3 is 2. The number of aromatic nitrogens is 1. The molecule has 3 rings (SSSR count). The van der Waals surface area contributed by atoms with Gasteiger partial charge in [-0.1, -0.05) is 19.9 Å². The first kappa shape index (κ1) is 19.5. The van der Waals surface area contributed by atoms with Crippen LogP contribution in [0.5, 0.6) is 11.5 Å². The van der Waals surface area contributed by atoms with Crippen LogP contribution in [0.15, 0.2) is 47.3 Å². The Morgan fingerprint density at radius 2 is 1.79 bits per heavy atom. The second-order valence-corrected chi connectivity index (χ2v) is 6.88. The largest absolute Gasteiger partial charge is 0.493 e. The minimum Gasteiger partial charge on any atom is -0.493 e. The van der Waals surface area contributed by atoms with Crippen LogP contribution in [0.4, 0.5) is 0 Å². The van der Waals surface area contributed by atoms with Gasteiger partial charge in [0.1, 0.15) is 0 Å². The van der Waals surface area contributed by atoms with Crippen LogP contribution in [0, 0.1) is 0 Å². The predicted octanol–water partition coefficient (Wildman–Crippen LogP) is 3.60. The number of fused-ring (bicyclic) bond motifs is 1. The lowest BCUT2D eigenvalue weighted by Gasteiger charge is -2.11. The molecular formula is C22H24N2O4. The zero-order valence-electron chi connectivity index (χ0n) is 16.5. The first-order valence-corrected chi connectivity index (χ1v) is 9.09. The molecule has 0 aliphatic carbocycles. The van der Waals surface area contributed by atoms with E-state index >= 15 is 0 Å². The van der Waals surface area contributed by atoms with Gasteiger partial charge in [0, 0.05) is 23.2 Å². The first-order valence-electron chi connectivity index (χ1n) is 9.09. The quantitative estimate of drug-likeness (QED) is 0.685. The predicted molar refractivity (Wildman–Crippen MR) is 109 cm³/mol. The summed E-state index contributed by atoms with van der Waals surface area (Å²) in [6.07, 6.45) is 0. The number of rotatable bonds is 6. The van der Waals surface area contributed by atoms with E-state index in [4.69, 9.17) is 9.47 Å². The number of benzene rings is 2. The third kappa shape index (κ3) is 4.01. The Kier molecular flexibility index (Phi) is 5.68. The molecule has 0 fully saturated rings. The van der Waals surface area contributed by atoms with Gasteiger partial charge < -0.3 is 19.8 Å². The van der Waals surface area contributed by atoms with E-state index in [0.29, 0.717) is 28.5 Å². The Bertz CT molecular complexity index is 1070. The van der Waals surface area contributed by atoms with Crippen molar-refractivity contribution in [3.05, 3.63) is 69.5 Å². The maximum Gasteiger partial charge on any atom is 0.253 e. The molecule has 3 aromatic rings. The molecule has 6 heteroatoms. The third-order valence-corrected chi connectivity index (χ3v) is 4.70. The van der Waals surface area contributed by atoms with Crippen molar-refractivity contribution in [1.82, 2.24) is 10.3 Å². The summed E-state index contributed by atoms with van der Waals surface area (Å²) in [4.78, 5) is 27.7. The summed E-state index contributed by atoms with van der Waals surface area (Å²) in [6, 6.07) is 12.7. The van der Waals surface area contributed by atoms with Crippen LogP contribution in [0.2, 0.25) is 0 Å². The summed E-state index contributed by atoms with van der Waals surface area (Å²) in [5.74, 6) is 1.12. The van der Waals surface area contributed by atoms with E-state index in [2.05, 4.69) is 30.2 Å². The minimum atomic E-state index is -0.295. The van der Waals surface area contributed by atoms with Crippen molar-refractivity contribution in [3.8, 4) is 11.5 Å². The van der Waals surface area contributed by atoms with Gasteiger partial charge in [-0.25, -0.2) is 0 Å². The van der Waals surface area contributed by atoms with Gasteiger partial charge >= 0.3 is 0 Å². The molecule has 0 unspecified atom stereocenters. The average molecular weight is 380 g/mol. The lowest BCUT2D eigenvalue weighted by molar-refractivity contribution is 0.0950. The highest BCUT2D eigenvalue weighted by atomic mass is 16.5. The normalized spacial score (nSPS) is 10.9. The fourth-order valence-corrected chi connectivity index (χ4v) is 3.02. The van der Waals surface area contributed by atoms with Crippen LogP contribution < -0.4 is 20.3 Å². The Morgan fingerprint density at radius 1 is 1.04 bits per heavy atom. The third-order valence-electron chi connectivity index (χ3n) is 4.70. The summed E-state index contributed by atoms with van der Waals surface area (Å²) >= 11 is 0. The maximum absolute atomic E-state index is 12.5. The highest BCUT2D eigenvalue weighted by Gasteiger charge is 2.12. The minimum absolute atomic E-state index is 0.129. The molecule has 2 N–H and O–H groups in total. The Balaban J connectivity index is 1.81. The smallest absolute Gasteiger partial charge is 0.253 e. The van der Waals surface area contributed by atoms with E-state index in [1.807, 2.05) is 18.2 Å². The van der Waals surface area contributed by atoms with E-state index in [1.165, 1.54) is 19.8 Å². The number of ether oxygens (including phenoxy) is 2. The zero-order valence-corrected chi connectivity index (χ0v) is 16.5. The second-order valence-electron chi connectivity index (χ2n) is 6.88. The van der Waals surface area contributed by atoms with Gasteiger partial charge in [0.15, 0.2) is 11.5 Å². The van der Waals surface area contributed by atoms with Gasteiger partial charge in [0.2, 0.25) is 0 Å². The molecule has 1 amide bonds. The van der Waals surface area contributed by atoms with Crippen LogP contribution in [-0.4, -0.2) is 25.1 Å². The number of pyridine rings is 1. The van der Waals surface area contributed by atoms with Gasteiger partial charge in [0.25, 0.3) is 11.5 Å². The molecule has 0 atom stereocenters. The standard InChI is InChI=1S/C22H24N2O4/c1-13(2)14-5-7-18-16(9-14)10-17(22(26)24-18)12-23-21(25)15-6-8-19(27-3)20(11-15)28-4/h5-11,13H,12H2,1-4H3,(H,23,25)(H,24,26). The number of H-pyrrole nitrogens is 1. The van der Waals surface area contributed by atoms with E-state index in [1.54, 1.807) is 18.2 Å². The van der Waals surface area contributed by atoms with Crippen LogP contribution >= 0.6 is 0 Å². The van der Waals surface area contributed by atoms with Crippen LogP contribution in [0.3, 0.4) is 0 Å². The molecule has 0 saturated carbocycles. The highest BCUT2D eigenvalue weighted by Crippen LogP contribution is 2.27. The van der Waals surface area contributed by atoms with Crippen molar-refractivity contribution in [2.45, 2.75) is 26.3 Å². The molecule has 0 bridgehead atoms. The molecule has 0 aliphatic heterocycles. The van der Waals surface area contributed by atoms with Crippen molar-refractivity contribution >= 4 is 16.8 Å². The second kappa shape index (κ2) is 8.17. The van der Waals surface area contributed by atoms with Gasteiger partial charge in [-0.3, -0.25) is 9.59 Å². The number of hydrogen-bond acceptors (Lipinski definition) is 4. The van der Waals surface area contributed by atoms with E-state index in [0.717, 1.165) is 10.9 Å². The van der Waals surface area contributed by atoms with E-state index in [9.17, 15) is 9.59 Å². The molecule has 146 valence electrons. The van der Waals surface area contributed by atoms with Gasteiger partial charge in [0.05, 0.1) is 14.2 Å². The average Bonchev–Trinajstić information content (AvgIpc) is 2.70. The molecule has 1 aromatic heterocycles. The Morgan fingerprint density at radius 3 is 2.46 bits per heavy atom. The topological polar surface area (TPSA) is 80.4 Å². The van der Waals surface area contributed by atoms with E-state index < -0.39 is 0 Å². The molecule has 0 radical (unpaired) electrons. The van der Waals surface area contributed by atoms with Gasteiger partial charge in [-0.05, 0) is 53.3 Å². The zero-order chi connectivity index (χ0) is 20.3. The summed E-state index contributed by atoms with van der Waals surface area (Å²) in [5, 5.41) is 3.74. The molecule has 2 aromatic carbocycles. The maximum atomic E-state index is 12.5. The highest BCUT2D eigenvalue weighted by molar-refractivity contribution is 5.94. The van der Waals surface area contributed by atoms with Gasteiger partial charge in [-0.2, -0.15) is 0 Å². The number of carbonyl (C=O) groups is 1. The number of carbonyl (C=O) groups excluding carboxylic acids is 1. The SMILES string of the molecule is COc1ccc(C(=O)NCc2cc3cc(C(C)C)ccc3[nH]c2=O)cc1OC. The summed E-state index contributed by atoms with van der Waals surface area (Å²) in [7, 11) is 3.05. The van der Waals surface area contributed by atoms with Crippen LogP contribution in [0.1, 0.15) is 41.3 Å². The van der Waals surface area contributed by atoms with Crippen molar-refractivity contribution in [2.24, 2.45) is 0 Å². The van der Waals surface area contributed by atoms with Crippen molar-refractivity contribution < 1.29 is 14.3 Å². The fraction of sp³-hybridized carbons (Fsp3) is 0.273. The molecule has 6 nitrogen and oxygen atoms in total. The molecule has 1 heterocycles. The monoisotopic (exact) mass is 380 g/mol. The summed E-state index contributed by atoms with van der Waals surface area (Å²) in [5.41, 5.74) is 2.70. The molecule has 0 aliphatic rings. The molecule has 28 heavy (non-hydrogen) atoms. The van der Waals surface area contributed by atoms with E-state index in [-0.39, 0.29) is 18.0 Å². The summed E-state index contributed by atoms with van der Waals surface area (Å²) < 4.78 is 10.4. The lowest BCUT2D eigenvalue weighted by Crippen LogP contribution is -2.26. The molecule has 0 saturated heterocycles. The first-order chi connectivity index (χ1) is 13.4. The van der Waals surface area contributed by atoms with Crippen LogP contribution in [0.25, 0.3) is 10.9 Å². The number of aromatic amines is 1. The Labute approximate surface area is 163 Å². The number of amides is 1. The van der Waals surface area contributed by atoms with Crippen molar-refractivity contribution in [1.29, 1.82) is 0 Å². The number of hydrogen-bond donors (Lipinski definition) is 2. The molecular weight excluding hydrogens is 356 g/mol. The van der Waals surface area contributed by atoms with Crippen molar-refractivity contribution in [2.75, 3.05) is 14.2 Å². The summed E-state index contributed by atoms with van der Waals surface area (Å²) in [6.45, 7) is 4.37. The molecule has 0 spiro atoms. The van der Waals surface area contributed by atoms with Crippen LogP contribution in [-0.2, 0) is 6.54 Å². The Hall–Kier alpha value is -3.28. The number of nitrogens with one attached hydrogen (secondary N) is 2. The van der Waals surface area contributed by atoms with Gasteiger partial charge in [-0.15, -0.1) is 0 Å². The lowest BCUT2D eigenvalue weighted by atomic mass is 10.0. The van der Waals surface area contributed by atoms with Crippen molar-refractivity contribution in [3.63, 3.8) is 0 Å².